The first kappa shape index (κ1) is 48.8. The summed E-state index contributed by atoms with van der Waals surface area (Å²) < 4.78 is 47.2. The highest BCUT2D eigenvalue weighted by molar-refractivity contribution is 7.80. The molecule has 53 heavy (non-hydrogen) atoms. The Bertz CT molecular complexity index is 1200. The molecular formula is C39H67NO12S. The van der Waals surface area contributed by atoms with Gasteiger partial charge >= 0.3 is 10.4 Å². The maximum atomic E-state index is 13.0. The van der Waals surface area contributed by atoms with E-state index in [1.54, 1.807) is 6.08 Å². The molecule has 8 unspecified atom stereocenters. The third-order valence-electron chi connectivity index (χ3n) is 8.65. The monoisotopic (exact) mass is 773 g/mol. The summed E-state index contributed by atoms with van der Waals surface area (Å²) in [7, 11) is -5.12. The van der Waals surface area contributed by atoms with Gasteiger partial charge in [0.05, 0.1) is 25.4 Å². The Morgan fingerprint density at radius 1 is 0.792 bits per heavy atom. The fourth-order valence-corrected chi connectivity index (χ4v) is 6.05. The van der Waals surface area contributed by atoms with Gasteiger partial charge in [0.1, 0.15) is 30.5 Å². The van der Waals surface area contributed by atoms with Gasteiger partial charge in [-0.15, -0.1) is 0 Å². The second-order valence-corrected chi connectivity index (χ2v) is 14.3. The predicted molar refractivity (Wildman–Crippen MR) is 205 cm³/mol. The lowest BCUT2D eigenvalue weighted by Gasteiger charge is -2.41. The van der Waals surface area contributed by atoms with E-state index >= 15 is 0 Å². The number of hydrogen-bond acceptors (Lipinski definition) is 11. The van der Waals surface area contributed by atoms with Gasteiger partial charge in [0.2, 0.25) is 5.91 Å². The van der Waals surface area contributed by atoms with E-state index in [4.69, 9.17) is 14.0 Å². The Hall–Kier alpha value is -2.24. The van der Waals surface area contributed by atoms with Crippen LogP contribution in [0.25, 0.3) is 0 Å². The van der Waals surface area contributed by atoms with Crippen LogP contribution in [0, 0.1) is 0 Å². The molecule has 1 saturated heterocycles. The Morgan fingerprint density at radius 3 is 1.98 bits per heavy atom. The summed E-state index contributed by atoms with van der Waals surface area (Å²) in [6, 6.07) is -1.15. The maximum Gasteiger partial charge on any atom is 0.397 e. The highest BCUT2D eigenvalue weighted by Crippen LogP contribution is 2.26. The maximum absolute atomic E-state index is 13.0. The van der Waals surface area contributed by atoms with Gasteiger partial charge in [0.25, 0.3) is 0 Å². The van der Waals surface area contributed by atoms with Crippen molar-refractivity contribution in [1.29, 1.82) is 0 Å². The molecule has 0 spiro atoms. The minimum Gasteiger partial charge on any atom is -0.394 e. The van der Waals surface area contributed by atoms with Crippen molar-refractivity contribution in [2.24, 2.45) is 0 Å². The Balaban J connectivity index is 2.73. The lowest BCUT2D eigenvalue weighted by molar-refractivity contribution is -0.298. The van der Waals surface area contributed by atoms with Gasteiger partial charge in [-0.1, -0.05) is 113 Å². The Kier molecular flexibility index (Phi) is 27.6. The van der Waals surface area contributed by atoms with Crippen molar-refractivity contribution in [3.8, 4) is 0 Å². The van der Waals surface area contributed by atoms with Gasteiger partial charge < -0.3 is 40.3 Å². The number of allylic oxidation sites excluding steroid dienone is 9. The summed E-state index contributed by atoms with van der Waals surface area (Å²) in [6.45, 7) is 2.97. The molecule has 1 aliphatic rings. The zero-order valence-electron chi connectivity index (χ0n) is 31.7. The van der Waals surface area contributed by atoms with Crippen LogP contribution < -0.4 is 5.32 Å². The van der Waals surface area contributed by atoms with Crippen LogP contribution >= 0.6 is 0 Å². The largest absolute Gasteiger partial charge is 0.397 e. The number of nitrogens with one attached hydrogen (secondary N) is 1. The quantitative estimate of drug-likeness (QED) is 0.0225. The van der Waals surface area contributed by atoms with Gasteiger partial charge in [-0.2, -0.15) is 8.42 Å². The molecule has 1 aliphatic heterocycles. The average molecular weight is 774 g/mol. The van der Waals surface area contributed by atoms with Crippen LogP contribution in [0.15, 0.2) is 60.8 Å². The molecule has 14 heteroatoms. The fraction of sp³-hybridized carbons (Fsp3) is 0.718. The molecule has 7 N–H and O–H groups in total. The number of ether oxygens (including phenoxy) is 2. The van der Waals surface area contributed by atoms with Gasteiger partial charge in [-0.05, 0) is 64.2 Å². The van der Waals surface area contributed by atoms with Crippen molar-refractivity contribution in [3.05, 3.63) is 60.8 Å². The van der Waals surface area contributed by atoms with Gasteiger partial charge in [-0.3, -0.25) is 9.35 Å². The molecule has 0 bridgehead atoms. The number of unbranched alkanes of at least 4 members (excludes halogenated alkanes) is 10. The molecule has 0 saturated carbocycles. The van der Waals surface area contributed by atoms with Crippen molar-refractivity contribution in [2.45, 2.75) is 166 Å². The van der Waals surface area contributed by atoms with E-state index < -0.39 is 78.5 Å². The minimum atomic E-state index is -5.12. The number of hydrogen-bond donors (Lipinski definition) is 7. The molecule has 8 atom stereocenters. The smallest absolute Gasteiger partial charge is 0.394 e. The molecular weight excluding hydrogens is 706 g/mol. The van der Waals surface area contributed by atoms with Crippen LogP contribution in [0.3, 0.4) is 0 Å². The van der Waals surface area contributed by atoms with Gasteiger partial charge in [-0.25, -0.2) is 4.18 Å². The first-order valence-corrected chi connectivity index (χ1v) is 20.7. The van der Waals surface area contributed by atoms with E-state index in [1.165, 1.54) is 25.3 Å². The summed E-state index contributed by atoms with van der Waals surface area (Å²) in [6.07, 6.45) is 23.4. The SMILES string of the molecule is CC/C=C/CC/C=C/CC/C=C/C(O)C(COC1OC(CO)C(O)C(OS(=O)(=O)O)C1O)NC(=O)C(O)CCCCCCC/C=C\C=C/CCCCC. The highest BCUT2D eigenvalue weighted by atomic mass is 32.3. The van der Waals surface area contributed by atoms with Crippen LogP contribution in [0.4, 0.5) is 0 Å². The number of amides is 1. The van der Waals surface area contributed by atoms with Crippen molar-refractivity contribution in [1.82, 2.24) is 5.32 Å². The summed E-state index contributed by atoms with van der Waals surface area (Å²) in [4.78, 5) is 13.0. The molecule has 0 aromatic carbocycles. The first-order valence-electron chi connectivity index (χ1n) is 19.3. The van der Waals surface area contributed by atoms with E-state index in [9.17, 15) is 38.7 Å². The number of carbonyl (C=O) groups is 1. The summed E-state index contributed by atoms with van der Waals surface area (Å²) in [5.41, 5.74) is 0. The van der Waals surface area contributed by atoms with E-state index in [-0.39, 0.29) is 6.42 Å². The third kappa shape index (κ3) is 23.3. The molecule has 0 aromatic rings. The lowest BCUT2D eigenvalue weighted by Crippen LogP contribution is -2.61. The first-order chi connectivity index (χ1) is 25.4. The van der Waals surface area contributed by atoms with E-state index in [1.807, 2.05) is 6.08 Å². The molecule has 0 aromatic heterocycles. The molecule has 0 aliphatic carbocycles. The molecule has 13 nitrogen and oxygen atoms in total. The van der Waals surface area contributed by atoms with E-state index in [0.717, 1.165) is 64.2 Å². The second kappa shape index (κ2) is 30.0. The van der Waals surface area contributed by atoms with Crippen molar-refractivity contribution in [2.75, 3.05) is 13.2 Å². The van der Waals surface area contributed by atoms with Crippen molar-refractivity contribution in [3.63, 3.8) is 0 Å². The van der Waals surface area contributed by atoms with Gasteiger partial charge in [0.15, 0.2) is 6.29 Å². The van der Waals surface area contributed by atoms with Crippen LogP contribution in [0.2, 0.25) is 0 Å². The summed E-state index contributed by atoms with van der Waals surface area (Å²) in [5, 5.41) is 54.7. The summed E-state index contributed by atoms with van der Waals surface area (Å²) in [5.74, 6) is -0.736. The number of aliphatic hydroxyl groups is 5. The van der Waals surface area contributed by atoms with Crippen LogP contribution in [-0.4, -0.2) is 107 Å². The molecule has 1 amide bonds. The normalized spacial score (nSPS) is 23.2. The molecule has 1 rings (SSSR count). The van der Waals surface area contributed by atoms with Crippen LogP contribution in [-0.2, 0) is 28.9 Å². The lowest BCUT2D eigenvalue weighted by atomic mass is 9.99. The van der Waals surface area contributed by atoms with E-state index in [0.29, 0.717) is 12.8 Å². The van der Waals surface area contributed by atoms with Crippen molar-refractivity contribution >= 4 is 16.3 Å². The fourth-order valence-electron chi connectivity index (χ4n) is 5.55. The Labute approximate surface area is 317 Å². The zero-order chi connectivity index (χ0) is 39.3. The number of aliphatic hydroxyl groups excluding tert-OH is 5. The topological polar surface area (TPSA) is 212 Å². The van der Waals surface area contributed by atoms with Crippen LogP contribution in [0.1, 0.15) is 117 Å². The Morgan fingerprint density at radius 2 is 1.38 bits per heavy atom. The number of carbonyl (C=O) groups excluding carboxylic acids is 1. The van der Waals surface area contributed by atoms with E-state index in [2.05, 4.69) is 65.9 Å². The molecule has 0 radical (unpaired) electrons. The van der Waals surface area contributed by atoms with Gasteiger partial charge in [0, 0.05) is 0 Å². The second-order valence-electron chi connectivity index (χ2n) is 13.3. The number of rotatable bonds is 30. The minimum absolute atomic E-state index is 0.212. The van der Waals surface area contributed by atoms with Crippen LogP contribution in [0.5, 0.6) is 0 Å². The predicted octanol–water partition coefficient (Wildman–Crippen LogP) is 4.90. The van der Waals surface area contributed by atoms with Crippen molar-refractivity contribution < 1.29 is 57.0 Å². The summed E-state index contributed by atoms with van der Waals surface area (Å²) >= 11 is 0. The molecule has 306 valence electrons. The zero-order valence-corrected chi connectivity index (χ0v) is 32.5. The highest BCUT2D eigenvalue weighted by Gasteiger charge is 2.48. The molecule has 1 fully saturated rings. The average Bonchev–Trinajstić information content (AvgIpc) is 3.12. The third-order valence-corrected chi connectivity index (χ3v) is 9.11. The standard InChI is InChI=1S/C39H67NO12S/c1-3-5-7-9-11-13-15-16-17-18-20-22-24-26-28-33(43)38(46)40-31(32(42)27-25-23-21-19-14-12-10-8-6-4-2)30-50-39-36(45)37(52-53(47,48)49)35(44)34(29-41)51-39/h6,8,11,13-16,19,25,27,31-37,39,41-45H,3-5,7,9-10,12,17-18,20-24,26,28-30H2,1-2H3,(H,40,46)(H,47,48,49)/b8-6+,13-11-,16-15-,19-14+,27-25+. The molecule has 1 heterocycles.